The third kappa shape index (κ3) is 4.67. The van der Waals surface area contributed by atoms with Crippen LogP contribution in [0.25, 0.3) is 0 Å². The molecule has 0 aromatic heterocycles. The molecule has 0 radical (unpaired) electrons. The van der Waals surface area contributed by atoms with E-state index in [0.717, 1.165) is 19.5 Å². The van der Waals surface area contributed by atoms with Crippen LogP contribution in [-0.2, 0) is 13.0 Å². The van der Waals surface area contributed by atoms with Gasteiger partial charge in [0.2, 0.25) is 0 Å². The van der Waals surface area contributed by atoms with Gasteiger partial charge in [0.25, 0.3) is 0 Å². The average Bonchev–Trinajstić information content (AvgIpc) is 2.55. The van der Waals surface area contributed by atoms with Gasteiger partial charge in [-0.25, -0.2) is 0 Å². The Morgan fingerprint density at radius 3 is 2.18 bits per heavy atom. The van der Waals surface area contributed by atoms with Crippen molar-refractivity contribution < 1.29 is 0 Å². The molecule has 1 heterocycles. The maximum absolute atomic E-state index is 3.55. The summed E-state index contributed by atoms with van der Waals surface area (Å²) < 4.78 is 1.18. The Bertz CT molecular complexity index is 577. The van der Waals surface area contributed by atoms with E-state index < -0.39 is 0 Å². The van der Waals surface area contributed by atoms with Crippen molar-refractivity contribution in [3.05, 3.63) is 70.2 Å². The minimum absolute atomic E-state index is 1.08. The third-order valence-corrected chi connectivity index (χ3v) is 4.81. The lowest BCUT2D eigenvalue weighted by atomic mass is 10.1. The van der Waals surface area contributed by atoms with Gasteiger partial charge in [-0.15, -0.1) is 0 Å². The zero-order valence-corrected chi connectivity index (χ0v) is 14.5. The van der Waals surface area contributed by atoms with Crippen molar-refractivity contribution in [3.8, 4) is 0 Å². The molecule has 2 nitrogen and oxygen atoms in total. The topological polar surface area (TPSA) is 6.48 Å². The summed E-state index contributed by atoms with van der Waals surface area (Å²) >= 11 is 3.55. The molecule has 0 unspecified atom stereocenters. The molecule has 1 fully saturated rings. The zero-order valence-electron chi connectivity index (χ0n) is 12.9. The quantitative estimate of drug-likeness (QED) is 0.801. The summed E-state index contributed by atoms with van der Waals surface area (Å²) in [4.78, 5) is 5.15. The molecular formula is C19H23BrN2. The first-order valence-electron chi connectivity index (χ1n) is 8.03. The van der Waals surface area contributed by atoms with Crippen LogP contribution in [0.5, 0.6) is 0 Å². The Morgan fingerprint density at radius 2 is 1.45 bits per heavy atom. The number of piperazine rings is 1. The van der Waals surface area contributed by atoms with Crippen molar-refractivity contribution in [2.24, 2.45) is 0 Å². The molecule has 3 rings (SSSR count). The standard InChI is InChI=1S/C19H23BrN2/c20-19-8-4-7-17(15-19)9-10-21-11-13-22(14-12-21)16-18-5-2-1-3-6-18/h1-8,15H,9-14,16H2. The minimum atomic E-state index is 1.08. The third-order valence-electron chi connectivity index (χ3n) is 4.32. The Hall–Kier alpha value is -1.16. The summed E-state index contributed by atoms with van der Waals surface area (Å²) in [5.41, 5.74) is 2.84. The van der Waals surface area contributed by atoms with Crippen molar-refractivity contribution in [1.82, 2.24) is 9.80 Å². The van der Waals surface area contributed by atoms with E-state index in [-0.39, 0.29) is 0 Å². The number of benzene rings is 2. The maximum atomic E-state index is 3.55. The van der Waals surface area contributed by atoms with Gasteiger partial charge in [0, 0.05) is 43.7 Å². The molecule has 0 amide bonds. The largest absolute Gasteiger partial charge is 0.300 e. The van der Waals surface area contributed by atoms with E-state index >= 15 is 0 Å². The van der Waals surface area contributed by atoms with Crippen LogP contribution >= 0.6 is 15.9 Å². The lowest BCUT2D eigenvalue weighted by molar-refractivity contribution is 0.128. The van der Waals surface area contributed by atoms with Gasteiger partial charge in [0.15, 0.2) is 0 Å². The first kappa shape index (κ1) is 15.7. The lowest BCUT2D eigenvalue weighted by Crippen LogP contribution is -2.46. The normalized spacial score (nSPS) is 16.8. The van der Waals surface area contributed by atoms with E-state index in [4.69, 9.17) is 0 Å². The molecule has 1 aliphatic rings. The van der Waals surface area contributed by atoms with Gasteiger partial charge in [0.05, 0.1) is 0 Å². The van der Waals surface area contributed by atoms with Crippen LogP contribution in [0.15, 0.2) is 59.1 Å². The fraction of sp³-hybridized carbons (Fsp3) is 0.368. The second-order valence-electron chi connectivity index (χ2n) is 5.98. The molecule has 0 bridgehead atoms. The molecule has 2 aromatic carbocycles. The molecular weight excluding hydrogens is 336 g/mol. The molecule has 116 valence electrons. The number of rotatable bonds is 5. The summed E-state index contributed by atoms with van der Waals surface area (Å²) in [5, 5.41) is 0. The number of halogens is 1. The number of nitrogens with zero attached hydrogens (tertiary/aromatic N) is 2. The fourth-order valence-corrected chi connectivity index (χ4v) is 3.44. The van der Waals surface area contributed by atoms with E-state index in [2.05, 4.69) is 80.3 Å². The molecule has 2 aromatic rings. The van der Waals surface area contributed by atoms with Gasteiger partial charge in [-0.2, -0.15) is 0 Å². The summed E-state index contributed by atoms with van der Waals surface area (Å²) in [6.07, 6.45) is 1.14. The highest BCUT2D eigenvalue weighted by molar-refractivity contribution is 9.10. The van der Waals surface area contributed by atoms with Gasteiger partial charge in [-0.3, -0.25) is 4.90 Å². The molecule has 0 N–H and O–H groups in total. The second-order valence-corrected chi connectivity index (χ2v) is 6.90. The smallest absolute Gasteiger partial charge is 0.0234 e. The maximum Gasteiger partial charge on any atom is 0.0234 e. The van der Waals surface area contributed by atoms with E-state index in [1.54, 1.807) is 0 Å². The van der Waals surface area contributed by atoms with Gasteiger partial charge >= 0.3 is 0 Å². The zero-order chi connectivity index (χ0) is 15.2. The minimum Gasteiger partial charge on any atom is -0.300 e. The van der Waals surface area contributed by atoms with Crippen molar-refractivity contribution in [1.29, 1.82) is 0 Å². The summed E-state index contributed by atoms with van der Waals surface area (Å²) in [7, 11) is 0. The van der Waals surface area contributed by atoms with Gasteiger partial charge in [-0.05, 0) is 29.7 Å². The van der Waals surface area contributed by atoms with Crippen molar-refractivity contribution in [2.75, 3.05) is 32.7 Å². The number of hydrogen-bond donors (Lipinski definition) is 0. The first-order chi connectivity index (χ1) is 10.8. The van der Waals surface area contributed by atoms with E-state index in [0.29, 0.717) is 0 Å². The SMILES string of the molecule is Brc1cccc(CCN2CCN(Cc3ccccc3)CC2)c1. The van der Waals surface area contributed by atoms with Crippen molar-refractivity contribution in [2.45, 2.75) is 13.0 Å². The van der Waals surface area contributed by atoms with E-state index in [1.807, 2.05) is 0 Å². The molecule has 1 aliphatic heterocycles. The predicted molar refractivity (Wildman–Crippen MR) is 96.0 cm³/mol. The molecule has 0 saturated carbocycles. The Kier molecular flexibility index (Phi) is 5.65. The van der Waals surface area contributed by atoms with Crippen molar-refractivity contribution >= 4 is 15.9 Å². The van der Waals surface area contributed by atoms with Crippen LogP contribution in [0, 0.1) is 0 Å². The molecule has 22 heavy (non-hydrogen) atoms. The first-order valence-corrected chi connectivity index (χ1v) is 8.82. The molecule has 0 atom stereocenters. The molecule has 0 spiro atoms. The lowest BCUT2D eigenvalue weighted by Gasteiger charge is -2.34. The second kappa shape index (κ2) is 7.91. The fourth-order valence-electron chi connectivity index (χ4n) is 2.99. The summed E-state index contributed by atoms with van der Waals surface area (Å²) in [6, 6.07) is 19.4. The highest BCUT2D eigenvalue weighted by Gasteiger charge is 2.16. The number of hydrogen-bond acceptors (Lipinski definition) is 2. The highest BCUT2D eigenvalue weighted by atomic mass is 79.9. The highest BCUT2D eigenvalue weighted by Crippen LogP contribution is 2.13. The van der Waals surface area contributed by atoms with Gasteiger partial charge < -0.3 is 4.90 Å². The van der Waals surface area contributed by atoms with E-state index in [9.17, 15) is 0 Å². The van der Waals surface area contributed by atoms with Crippen LogP contribution in [0.4, 0.5) is 0 Å². The Labute approximate surface area is 141 Å². The monoisotopic (exact) mass is 358 g/mol. The molecule has 3 heteroatoms. The van der Waals surface area contributed by atoms with Crippen LogP contribution in [0.1, 0.15) is 11.1 Å². The van der Waals surface area contributed by atoms with Crippen LogP contribution in [-0.4, -0.2) is 42.5 Å². The Balaban J connectivity index is 1.42. The van der Waals surface area contributed by atoms with Crippen LogP contribution < -0.4 is 0 Å². The average molecular weight is 359 g/mol. The Morgan fingerprint density at radius 1 is 0.773 bits per heavy atom. The van der Waals surface area contributed by atoms with Crippen molar-refractivity contribution in [3.63, 3.8) is 0 Å². The van der Waals surface area contributed by atoms with E-state index in [1.165, 1.54) is 41.8 Å². The van der Waals surface area contributed by atoms with Crippen LogP contribution in [0.2, 0.25) is 0 Å². The van der Waals surface area contributed by atoms with Gasteiger partial charge in [0.1, 0.15) is 0 Å². The summed E-state index contributed by atoms with van der Waals surface area (Å²) in [5.74, 6) is 0. The summed E-state index contributed by atoms with van der Waals surface area (Å²) in [6.45, 7) is 6.96. The predicted octanol–water partition coefficient (Wildman–Crippen LogP) is 3.81. The molecule has 1 saturated heterocycles. The molecule has 0 aliphatic carbocycles. The van der Waals surface area contributed by atoms with Crippen LogP contribution in [0.3, 0.4) is 0 Å². The van der Waals surface area contributed by atoms with Gasteiger partial charge in [-0.1, -0.05) is 58.4 Å².